The highest BCUT2D eigenvalue weighted by atomic mass is 16.5. The number of carbonyl (C=O) groups is 3. The molecule has 0 radical (unpaired) electrons. The van der Waals surface area contributed by atoms with Gasteiger partial charge >= 0.3 is 0 Å². The first kappa shape index (κ1) is 26.2. The first-order valence-corrected chi connectivity index (χ1v) is 13.1. The first-order valence-electron chi connectivity index (χ1n) is 13.1. The number of hydrogen-bond acceptors (Lipinski definition) is 7. The molecule has 10 heteroatoms. The topological polar surface area (TPSA) is 130 Å². The van der Waals surface area contributed by atoms with Crippen LogP contribution in [0.15, 0.2) is 66.7 Å². The van der Waals surface area contributed by atoms with E-state index < -0.39 is 5.91 Å². The van der Waals surface area contributed by atoms with Crippen LogP contribution in [0.5, 0.6) is 0 Å². The average molecular weight is 529 g/mol. The van der Waals surface area contributed by atoms with Crippen molar-refractivity contribution < 1.29 is 19.1 Å². The second-order valence-corrected chi connectivity index (χ2v) is 9.66. The molecule has 39 heavy (non-hydrogen) atoms. The molecule has 3 amide bonds. The van der Waals surface area contributed by atoms with Gasteiger partial charge in [-0.1, -0.05) is 18.2 Å². The predicted molar refractivity (Wildman–Crippen MR) is 148 cm³/mol. The number of morpholine rings is 1. The second kappa shape index (κ2) is 12.0. The number of anilines is 3. The summed E-state index contributed by atoms with van der Waals surface area (Å²) >= 11 is 0. The van der Waals surface area contributed by atoms with Crippen molar-refractivity contribution in [2.75, 3.05) is 49.6 Å². The Morgan fingerprint density at radius 1 is 0.897 bits per heavy atom. The Labute approximate surface area is 227 Å². The highest BCUT2D eigenvalue weighted by molar-refractivity contribution is 5.99. The summed E-state index contributed by atoms with van der Waals surface area (Å²) in [6.07, 6.45) is 1.76. The Hall–Kier alpha value is -4.44. The van der Waals surface area contributed by atoms with E-state index in [9.17, 15) is 14.4 Å². The Kier molecular flexibility index (Phi) is 8.02. The van der Waals surface area contributed by atoms with Crippen LogP contribution >= 0.6 is 0 Å². The summed E-state index contributed by atoms with van der Waals surface area (Å²) in [4.78, 5) is 46.1. The SMILES string of the molecule is NC(=O)c1ccc(N2CCC[C@@H](NC(=O)c3ccccc3)C2)nc1Nc1ccc(C(=O)N2CCOCC2)cc1. The molecule has 5 rings (SSSR count). The highest BCUT2D eigenvalue weighted by Gasteiger charge is 2.24. The highest BCUT2D eigenvalue weighted by Crippen LogP contribution is 2.25. The molecule has 1 aromatic heterocycles. The summed E-state index contributed by atoms with van der Waals surface area (Å²) in [6.45, 7) is 3.61. The van der Waals surface area contributed by atoms with E-state index in [2.05, 4.69) is 15.5 Å². The molecule has 2 aliphatic rings. The molecule has 202 valence electrons. The number of primary amides is 1. The number of piperidine rings is 1. The van der Waals surface area contributed by atoms with Crippen LogP contribution in [-0.4, -0.2) is 73.0 Å². The van der Waals surface area contributed by atoms with Gasteiger partial charge in [-0.15, -0.1) is 0 Å². The fraction of sp³-hybridized carbons (Fsp3) is 0.310. The maximum atomic E-state index is 12.8. The standard InChI is InChI=1S/C29H32N6O4/c30-26(36)24-12-13-25(35-14-4-7-23(19-35)32-28(37)20-5-2-1-3-6-20)33-27(24)31-22-10-8-21(9-11-22)29(38)34-15-17-39-18-16-34/h1-3,5-6,8-13,23H,4,7,14-19H2,(H2,30,36)(H,31,33)(H,32,37)/t23-/m1/s1. The average Bonchev–Trinajstić information content (AvgIpc) is 2.98. The van der Waals surface area contributed by atoms with Gasteiger partial charge in [0.15, 0.2) is 0 Å². The van der Waals surface area contributed by atoms with Gasteiger partial charge in [0.25, 0.3) is 17.7 Å². The number of nitrogens with two attached hydrogens (primary N) is 1. The molecule has 0 saturated carbocycles. The lowest BCUT2D eigenvalue weighted by molar-refractivity contribution is 0.0303. The van der Waals surface area contributed by atoms with Gasteiger partial charge in [-0.25, -0.2) is 4.98 Å². The largest absolute Gasteiger partial charge is 0.378 e. The number of nitrogens with one attached hydrogen (secondary N) is 2. The molecule has 3 heterocycles. The van der Waals surface area contributed by atoms with Crippen LogP contribution in [0.2, 0.25) is 0 Å². The lowest BCUT2D eigenvalue weighted by Crippen LogP contribution is -2.48. The third-order valence-corrected chi connectivity index (χ3v) is 6.96. The van der Waals surface area contributed by atoms with Crippen molar-refractivity contribution in [2.24, 2.45) is 5.73 Å². The molecule has 0 bridgehead atoms. The normalized spacial score (nSPS) is 17.4. The zero-order valence-corrected chi connectivity index (χ0v) is 21.6. The van der Waals surface area contributed by atoms with E-state index in [4.69, 9.17) is 15.5 Å². The van der Waals surface area contributed by atoms with Crippen molar-refractivity contribution in [2.45, 2.75) is 18.9 Å². The Morgan fingerprint density at radius 2 is 1.64 bits per heavy atom. The number of amides is 3. The zero-order valence-electron chi connectivity index (χ0n) is 21.6. The number of pyridine rings is 1. The number of hydrogen-bond donors (Lipinski definition) is 3. The number of benzene rings is 2. The van der Waals surface area contributed by atoms with E-state index in [1.165, 1.54) is 0 Å². The maximum absolute atomic E-state index is 12.8. The number of aromatic nitrogens is 1. The lowest BCUT2D eigenvalue weighted by Gasteiger charge is -2.34. The molecule has 3 aromatic rings. The molecule has 2 saturated heterocycles. The fourth-order valence-corrected chi connectivity index (χ4v) is 4.86. The Balaban J connectivity index is 1.29. The van der Waals surface area contributed by atoms with Gasteiger partial charge in [-0.3, -0.25) is 14.4 Å². The first-order chi connectivity index (χ1) is 19.0. The molecule has 2 fully saturated rings. The van der Waals surface area contributed by atoms with E-state index in [0.717, 1.165) is 19.4 Å². The van der Waals surface area contributed by atoms with Crippen molar-refractivity contribution in [3.05, 3.63) is 83.4 Å². The molecule has 0 spiro atoms. The fourth-order valence-electron chi connectivity index (χ4n) is 4.86. The smallest absolute Gasteiger partial charge is 0.254 e. The van der Waals surface area contributed by atoms with E-state index in [-0.39, 0.29) is 23.4 Å². The van der Waals surface area contributed by atoms with Crippen molar-refractivity contribution in [1.29, 1.82) is 0 Å². The van der Waals surface area contributed by atoms with Crippen LogP contribution in [0.3, 0.4) is 0 Å². The lowest BCUT2D eigenvalue weighted by atomic mass is 10.0. The number of rotatable bonds is 7. The molecule has 4 N–H and O–H groups in total. The van der Waals surface area contributed by atoms with Gasteiger partial charge in [0, 0.05) is 49.0 Å². The van der Waals surface area contributed by atoms with Gasteiger partial charge in [0.05, 0.1) is 18.8 Å². The van der Waals surface area contributed by atoms with Gasteiger partial charge in [0.1, 0.15) is 11.6 Å². The zero-order chi connectivity index (χ0) is 27.2. The summed E-state index contributed by atoms with van der Waals surface area (Å²) in [5, 5.41) is 6.31. The van der Waals surface area contributed by atoms with Crippen molar-refractivity contribution in [3.8, 4) is 0 Å². The summed E-state index contributed by atoms with van der Waals surface area (Å²) in [7, 11) is 0. The number of nitrogens with zero attached hydrogens (tertiary/aromatic N) is 3. The van der Waals surface area contributed by atoms with Crippen molar-refractivity contribution >= 4 is 35.0 Å². The van der Waals surface area contributed by atoms with E-state index in [1.807, 2.05) is 18.2 Å². The molecule has 0 unspecified atom stereocenters. The van der Waals surface area contributed by atoms with Gasteiger partial charge in [-0.2, -0.15) is 0 Å². The van der Waals surface area contributed by atoms with Crippen LogP contribution in [0.25, 0.3) is 0 Å². The van der Waals surface area contributed by atoms with Gasteiger partial charge in [0.2, 0.25) is 0 Å². The van der Waals surface area contributed by atoms with E-state index >= 15 is 0 Å². The maximum Gasteiger partial charge on any atom is 0.254 e. The van der Waals surface area contributed by atoms with Crippen molar-refractivity contribution in [1.82, 2.24) is 15.2 Å². The minimum atomic E-state index is -0.595. The summed E-state index contributed by atoms with van der Waals surface area (Å²) < 4.78 is 5.33. The molecular weight excluding hydrogens is 496 g/mol. The molecule has 1 atom stereocenters. The quantitative estimate of drug-likeness (QED) is 0.430. The van der Waals surface area contributed by atoms with Crippen LogP contribution < -0.4 is 21.3 Å². The molecule has 0 aliphatic carbocycles. The van der Waals surface area contributed by atoms with Gasteiger partial charge < -0.3 is 30.9 Å². The minimum Gasteiger partial charge on any atom is -0.378 e. The Bertz CT molecular complexity index is 1330. The van der Waals surface area contributed by atoms with Gasteiger partial charge in [-0.05, 0) is 61.4 Å². The molecule has 2 aliphatic heterocycles. The summed E-state index contributed by atoms with van der Waals surface area (Å²) in [5.74, 6) is 0.282. The predicted octanol–water partition coefficient (Wildman–Crippen LogP) is 2.80. The van der Waals surface area contributed by atoms with E-state index in [0.29, 0.717) is 61.3 Å². The third-order valence-electron chi connectivity index (χ3n) is 6.96. The summed E-state index contributed by atoms with van der Waals surface area (Å²) in [5.41, 5.74) is 7.78. The van der Waals surface area contributed by atoms with Crippen LogP contribution in [0.4, 0.5) is 17.3 Å². The molecule has 10 nitrogen and oxygen atoms in total. The number of ether oxygens (including phenoxy) is 1. The molecule has 2 aromatic carbocycles. The van der Waals surface area contributed by atoms with Crippen LogP contribution in [0, 0.1) is 0 Å². The summed E-state index contributed by atoms with van der Waals surface area (Å²) in [6, 6.07) is 19.6. The third kappa shape index (κ3) is 6.35. The minimum absolute atomic E-state index is 0.0305. The number of carbonyl (C=O) groups excluding carboxylic acids is 3. The van der Waals surface area contributed by atoms with Crippen molar-refractivity contribution in [3.63, 3.8) is 0 Å². The Morgan fingerprint density at radius 3 is 2.36 bits per heavy atom. The second-order valence-electron chi connectivity index (χ2n) is 9.66. The van der Waals surface area contributed by atoms with E-state index in [1.54, 1.807) is 53.4 Å². The van der Waals surface area contributed by atoms with Crippen LogP contribution in [-0.2, 0) is 4.74 Å². The monoisotopic (exact) mass is 528 g/mol. The molecular formula is C29H32N6O4. The van der Waals surface area contributed by atoms with Crippen LogP contribution in [0.1, 0.15) is 43.9 Å².